The molecule has 1 rings (SSSR count). The van der Waals surface area contributed by atoms with Crippen molar-refractivity contribution in [3.63, 3.8) is 0 Å². The predicted octanol–water partition coefficient (Wildman–Crippen LogP) is 20.9. The van der Waals surface area contributed by atoms with Crippen LogP contribution >= 0.6 is 0 Å². The summed E-state index contributed by atoms with van der Waals surface area (Å²) in [6.07, 6.45) is 64.1. The number of carbonyl (C=O) groups is 4. The maximum absolute atomic E-state index is 13.3. The van der Waals surface area contributed by atoms with Crippen molar-refractivity contribution in [3.05, 3.63) is 24.3 Å². The Morgan fingerprint density at radius 1 is 0.379 bits per heavy atom. The molecule has 87 heavy (non-hydrogen) atoms. The molecule has 1 saturated heterocycles. The zero-order valence-corrected chi connectivity index (χ0v) is 56.8. The molecule has 0 aliphatic carbocycles. The van der Waals surface area contributed by atoms with Crippen LogP contribution in [-0.4, -0.2) is 89.2 Å². The maximum atomic E-state index is 13.3. The number of carboxylic acids is 1. The van der Waals surface area contributed by atoms with E-state index in [0.717, 1.165) is 70.6 Å². The highest BCUT2D eigenvalue weighted by Gasteiger charge is 2.50. The van der Waals surface area contributed by atoms with Crippen molar-refractivity contribution in [1.29, 1.82) is 0 Å². The number of carboxylic acid groups (broad SMARTS) is 1. The lowest BCUT2D eigenvalue weighted by molar-refractivity contribution is -0.301. The summed E-state index contributed by atoms with van der Waals surface area (Å²) in [6, 6.07) is 0. The molecule has 510 valence electrons. The van der Waals surface area contributed by atoms with Crippen molar-refractivity contribution in [2.75, 3.05) is 13.2 Å². The molecule has 0 amide bonds. The molecule has 0 spiro atoms. The van der Waals surface area contributed by atoms with Crippen LogP contribution in [0, 0.1) is 0 Å². The average molecular weight is 1230 g/mol. The van der Waals surface area contributed by atoms with Gasteiger partial charge in [0.2, 0.25) is 0 Å². The first-order valence-corrected chi connectivity index (χ1v) is 37.3. The molecular formula is C75H138O12. The summed E-state index contributed by atoms with van der Waals surface area (Å²) in [6.45, 7) is 6.07. The Balaban J connectivity index is 2.59. The Bertz CT molecular complexity index is 1600. The lowest BCUT2D eigenvalue weighted by Gasteiger charge is -2.40. The second kappa shape index (κ2) is 63.4. The number of ether oxygens (including phenoxy) is 5. The van der Waals surface area contributed by atoms with Crippen LogP contribution in [0.25, 0.3) is 0 Å². The van der Waals surface area contributed by atoms with Crippen molar-refractivity contribution in [3.8, 4) is 0 Å². The van der Waals surface area contributed by atoms with Gasteiger partial charge in [0, 0.05) is 19.3 Å². The van der Waals surface area contributed by atoms with Crippen molar-refractivity contribution < 1.29 is 58.2 Å². The summed E-state index contributed by atoms with van der Waals surface area (Å²) in [7, 11) is 0. The molecule has 1 heterocycles. The molecule has 1 aliphatic heterocycles. The molecule has 0 bridgehead atoms. The molecule has 0 saturated carbocycles. The van der Waals surface area contributed by atoms with E-state index < -0.39 is 67.3 Å². The predicted molar refractivity (Wildman–Crippen MR) is 359 cm³/mol. The van der Waals surface area contributed by atoms with Gasteiger partial charge in [0.15, 0.2) is 24.6 Å². The molecule has 0 aromatic rings. The molecule has 0 radical (unpaired) electrons. The highest BCUT2D eigenvalue weighted by atomic mass is 16.7. The van der Waals surface area contributed by atoms with Gasteiger partial charge in [0.25, 0.3) is 0 Å². The Kier molecular flexibility index (Phi) is 59.9. The SMILES string of the molecule is CCCCC/C=C\C/C=C\CCCCCCCCCCCC(=O)OCC(COC1OC(C(=O)O)C(O)C(O)C1OC(=O)CCCCCCCCCCCCCCCCCCCCC)OC(=O)CCCCCCCCCCCCCCCCCCCCC. The fourth-order valence-electron chi connectivity index (χ4n) is 11.8. The minimum atomic E-state index is -1.90. The lowest BCUT2D eigenvalue weighted by Crippen LogP contribution is -2.61. The second-order valence-corrected chi connectivity index (χ2v) is 26.0. The minimum absolute atomic E-state index is 0.0686. The van der Waals surface area contributed by atoms with Crippen molar-refractivity contribution >= 4 is 23.9 Å². The molecular weight excluding hydrogens is 1090 g/mol. The zero-order chi connectivity index (χ0) is 63.1. The third kappa shape index (κ3) is 52.5. The summed E-state index contributed by atoms with van der Waals surface area (Å²) >= 11 is 0. The van der Waals surface area contributed by atoms with Crippen LogP contribution in [0.5, 0.6) is 0 Å². The van der Waals surface area contributed by atoms with Crippen LogP contribution in [-0.2, 0) is 42.9 Å². The number of aliphatic hydroxyl groups excluding tert-OH is 2. The van der Waals surface area contributed by atoms with Gasteiger partial charge < -0.3 is 39.0 Å². The summed E-state index contributed by atoms with van der Waals surface area (Å²) < 4.78 is 28.7. The highest BCUT2D eigenvalue weighted by Crippen LogP contribution is 2.27. The largest absolute Gasteiger partial charge is 0.479 e. The fraction of sp³-hybridized carbons (Fsp3) is 0.893. The van der Waals surface area contributed by atoms with Gasteiger partial charge in [-0.3, -0.25) is 14.4 Å². The van der Waals surface area contributed by atoms with Crippen LogP contribution in [0.3, 0.4) is 0 Å². The van der Waals surface area contributed by atoms with Gasteiger partial charge in [0.1, 0.15) is 18.8 Å². The number of allylic oxidation sites excluding steroid dienone is 4. The Morgan fingerprint density at radius 3 is 1.06 bits per heavy atom. The van der Waals surface area contributed by atoms with Gasteiger partial charge in [-0.15, -0.1) is 0 Å². The van der Waals surface area contributed by atoms with E-state index in [1.54, 1.807) is 0 Å². The molecule has 12 heteroatoms. The summed E-state index contributed by atoms with van der Waals surface area (Å²) in [5, 5.41) is 31.7. The number of hydrogen-bond donors (Lipinski definition) is 3. The smallest absolute Gasteiger partial charge is 0.335 e. The third-order valence-electron chi connectivity index (χ3n) is 17.5. The molecule has 0 aromatic heterocycles. The van der Waals surface area contributed by atoms with Crippen LogP contribution in [0.2, 0.25) is 0 Å². The van der Waals surface area contributed by atoms with Gasteiger partial charge in [0.05, 0.1) is 6.61 Å². The number of aliphatic carboxylic acids is 1. The van der Waals surface area contributed by atoms with Gasteiger partial charge in [-0.2, -0.15) is 0 Å². The van der Waals surface area contributed by atoms with E-state index >= 15 is 0 Å². The first-order chi connectivity index (χ1) is 42.6. The maximum Gasteiger partial charge on any atom is 0.335 e. The van der Waals surface area contributed by atoms with Crippen molar-refractivity contribution in [2.24, 2.45) is 0 Å². The van der Waals surface area contributed by atoms with Gasteiger partial charge >= 0.3 is 23.9 Å². The Labute approximate surface area is 534 Å². The lowest BCUT2D eigenvalue weighted by atomic mass is 9.98. The minimum Gasteiger partial charge on any atom is -0.479 e. The quantitative estimate of drug-likeness (QED) is 0.0228. The fourth-order valence-corrected chi connectivity index (χ4v) is 11.8. The van der Waals surface area contributed by atoms with E-state index in [2.05, 4.69) is 45.1 Å². The van der Waals surface area contributed by atoms with Gasteiger partial charge in [-0.1, -0.05) is 334 Å². The molecule has 1 aliphatic rings. The molecule has 12 nitrogen and oxygen atoms in total. The molecule has 6 atom stereocenters. The number of esters is 3. The van der Waals surface area contributed by atoms with Crippen LogP contribution in [0.1, 0.15) is 380 Å². The summed E-state index contributed by atoms with van der Waals surface area (Å²) in [4.78, 5) is 51.6. The van der Waals surface area contributed by atoms with E-state index in [9.17, 15) is 34.5 Å². The molecule has 1 fully saturated rings. The average Bonchev–Trinajstić information content (AvgIpc) is 2.56. The number of unbranched alkanes of at least 4 members (excludes halogenated alkanes) is 48. The Morgan fingerprint density at radius 2 is 0.690 bits per heavy atom. The first kappa shape index (κ1) is 82.2. The van der Waals surface area contributed by atoms with Crippen molar-refractivity contribution in [2.45, 2.75) is 417 Å². The monoisotopic (exact) mass is 1230 g/mol. The summed E-state index contributed by atoms with van der Waals surface area (Å²) in [5.74, 6) is -3.07. The van der Waals surface area contributed by atoms with E-state index in [-0.39, 0.29) is 25.9 Å². The van der Waals surface area contributed by atoms with E-state index in [4.69, 9.17) is 23.7 Å². The topological polar surface area (TPSA) is 175 Å². The van der Waals surface area contributed by atoms with Crippen LogP contribution in [0.15, 0.2) is 24.3 Å². The first-order valence-electron chi connectivity index (χ1n) is 37.3. The number of hydrogen-bond acceptors (Lipinski definition) is 11. The van der Waals surface area contributed by atoms with E-state index in [0.29, 0.717) is 19.3 Å². The molecule has 3 N–H and O–H groups in total. The second-order valence-electron chi connectivity index (χ2n) is 26.0. The Hall–Kier alpha value is -2.80. The third-order valence-corrected chi connectivity index (χ3v) is 17.5. The highest BCUT2D eigenvalue weighted by molar-refractivity contribution is 5.74. The van der Waals surface area contributed by atoms with E-state index in [1.165, 1.54) is 250 Å². The van der Waals surface area contributed by atoms with Crippen LogP contribution in [0.4, 0.5) is 0 Å². The number of carbonyl (C=O) groups excluding carboxylic acids is 3. The van der Waals surface area contributed by atoms with Gasteiger partial charge in [-0.25, -0.2) is 4.79 Å². The standard InChI is InChI=1S/C75H138O12/c1-4-7-10-13-16-19-22-25-28-31-34-37-40-43-46-49-52-55-58-61-67(76)83-64-66(85-68(77)62-59-56-53-50-47-44-41-38-35-32-29-26-23-20-17-14-11-8-5-2)65-84-75-73(71(80)70(79)72(87-75)74(81)82)86-69(78)63-60-57-54-51-48-45-42-39-36-33-30-27-24-21-18-15-12-9-6-3/h16,19,25,28,66,70-73,75,79-80H,4-15,17-18,20-24,26-27,29-65H2,1-3H3,(H,81,82)/b19-16-,28-25-. The summed E-state index contributed by atoms with van der Waals surface area (Å²) in [5.41, 5.74) is 0. The van der Waals surface area contributed by atoms with Gasteiger partial charge in [-0.05, 0) is 51.4 Å². The number of rotatable bonds is 66. The van der Waals surface area contributed by atoms with Crippen molar-refractivity contribution in [1.82, 2.24) is 0 Å². The van der Waals surface area contributed by atoms with E-state index in [1.807, 2.05) is 0 Å². The zero-order valence-electron chi connectivity index (χ0n) is 56.8. The number of aliphatic hydroxyl groups is 2. The normalized spacial score (nSPS) is 17.4. The van der Waals surface area contributed by atoms with Crippen LogP contribution < -0.4 is 0 Å². The molecule has 6 unspecified atom stereocenters. The molecule has 0 aromatic carbocycles.